The van der Waals surface area contributed by atoms with Gasteiger partial charge in [0.05, 0.1) is 23.6 Å². The Morgan fingerprint density at radius 1 is 1.33 bits per heavy atom. The van der Waals surface area contributed by atoms with E-state index < -0.39 is 16.0 Å². The maximum absolute atomic E-state index is 11.7. The summed E-state index contributed by atoms with van der Waals surface area (Å²) in [6, 6.07) is 3.98. The van der Waals surface area contributed by atoms with Gasteiger partial charge in [-0.1, -0.05) is 0 Å². The Morgan fingerprint density at radius 3 is 2.52 bits per heavy atom. The van der Waals surface area contributed by atoms with Gasteiger partial charge in [0.2, 0.25) is 15.9 Å². The van der Waals surface area contributed by atoms with E-state index in [2.05, 4.69) is 21.2 Å². The second-order valence-corrected chi connectivity index (χ2v) is 6.46. The molecule has 0 unspecified atom stereocenters. The number of amides is 1. The van der Waals surface area contributed by atoms with E-state index in [1.165, 1.54) is 18.2 Å². The standard InChI is InChI=1S/C12H15BrN2O5S/c1-2-20-12(17)6-5-11(16)15-10-4-3-8(7-9(10)13)21(14,18)19/h3-4,7H,2,5-6H2,1H3,(H,15,16)(H2,14,18,19). The third-order valence-corrected chi connectivity index (χ3v) is 3.97. The lowest BCUT2D eigenvalue weighted by Crippen LogP contribution is -2.16. The van der Waals surface area contributed by atoms with Crippen molar-refractivity contribution in [2.75, 3.05) is 11.9 Å². The third-order valence-electron chi connectivity index (χ3n) is 2.40. The van der Waals surface area contributed by atoms with Gasteiger partial charge in [-0.15, -0.1) is 0 Å². The Balaban J connectivity index is 2.67. The lowest BCUT2D eigenvalue weighted by atomic mass is 10.2. The van der Waals surface area contributed by atoms with Crippen LogP contribution in [0.25, 0.3) is 0 Å². The Morgan fingerprint density at radius 2 is 2.00 bits per heavy atom. The monoisotopic (exact) mass is 378 g/mol. The van der Waals surface area contributed by atoms with E-state index in [-0.39, 0.29) is 30.3 Å². The average Bonchev–Trinajstić information content (AvgIpc) is 2.38. The largest absolute Gasteiger partial charge is 0.466 e. The molecule has 0 atom stereocenters. The van der Waals surface area contributed by atoms with Crippen LogP contribution in [0.15, 0.2) is 27.6 Å². The van der Waals surface area contributed by atoms with E-state index in [0.717, 1.165) is 0 Å². The molecule has 1 amide bonds. The zero-order chi connectivity index (χ0) is 16.0. The number of primary sulfonamides is 1. The van der Waals surface area contributed by atoms with Gasteiger partial charge in [0.15, 0.2) is 0 Å². The number of anilines is 1. The molecule has 0 spiro atoms. The van der Waals surface area contributed by atoms with Crippen LogP contribution >= 0.6 is 15.9 Å². The Kier molecular flexibility index (Phi) is 6.31. The van der Waals surface area contributed by atoms with Crippen molar-refractivity contribution in [2.24, 2.45) is 5.14 Å². The number of sulfonamides is 1. The van der Waals surface area contributed by atoms with Gasteiger partial charge in [0, 0.05) is 10.9 Å². The average molecular weight is 379 g/mol. The highest BCUT2D eigenvalue weighted by molar-refractivity contribution is 9.10. The number of halogens is 1. The summed E-state index contributed by atoms with van der Waals surface area (Å²) in [5, 5.41) is 7.56. The molecule has 21 heavy (non-hydrogen) atoms. The van der Waals surface area contributed by atoms with Crippen LogP contribution in [0.5, 0.6) is 0 Å². The first-order chi connectivity index (χ1) is 9.74. The highest BCUT2D eigenvalue weighted by atomic mass is 79.9. The fourth-order valence-electron chi connectivity index (χ4n) is 1.44. The fraction of sp³-hybridized carbons (Fsp3) is 0.333. The van der Waals surface area contributed by atoms with Gasteiger partial charge >= 0.3 is 5.97 Å². The molecule has 1 rings (SSSR count). The Bertz CT molecular complexity index is 645. The second kappa shape index (κ2) is 7.53. The number of nitrogens with one attached hydrogen (secondary N) is 1. The normalized spacial score (nSPS) is 11.0. The van der Waals surface area contributed by atoms with E-state index in [0.29, 0.717) is 10.2 Å². The molecule has 3 N–H and O–H groups in total. The second-order valence-electron chi connectivity index (χ2n) is 4.04. The molecule has 0 aliphatic rings. The molecule has 0 bridgehead atoms. The van der Waals surface area contributed by atoms with Crippen molar-refractivity contribution in [3.05, 3.63) is 22.7 Å². The predicted octanol–water partition coefficient (Wildman–Crippen LogP) is 1.38. The van der Waals surface area contributed by atoms with Gasteiger partial charge < -0.3 is 10.1 Å². The van der Waals surface area contributed by atoms with E-state index in [1.54, 1.807) is 6.92 Å². The van der Waals surface area contributed by atoms with Crippen LogP contribution in [-0.2, 0) is 24.3 Å². The van der Waals surface area contributed by atoms with Crippen molar-refractivity contribution in [3.8, 4) is 0 Å². The van der Waals surface area contributed by atoms with E-state index in [1.807, 2.05) is 0 Å². The summed E-state index contributed by atoms with van der Waals surface area (Å²) < 4.78 is 27.4. The summed E-state index contributed by atoms with van der Waals surface area (Å²) in [6.07, 6.45) is -0.0469. The number of rotatable bonds is 6. The number of nitrogens with two attached hydrogens (primary N) is 1. The van der Waals surface area contributed by atoms with Crippen LogP contribution in [0.4, 0.5) is 5.69 Å². The number of carbonyl (C=O) groups excluding carboxylic acids is 2. The molecular formula is C12H15BrN2O5S. The molecule has 116 valence electrons. The van der Waals surface area contributed by atoms with Crippen LogP contribution in [0, 0.1) is 0 Å². The van der Waals surface area contributed by atoms with Crippen LogP contribution in [0.1, 0.15) is 19.8 Å². The summed E-state index contributed by atoms with van der Waals surface area (Å²) in [7, 11) is -3.80. The molecule has 0 radical (unpaired) electrons. The van der Waals surface area contributed by atoms with E-state index in [4.69, 9.17) is 9.88 Å². The smallest absolute Gasteiger partial charge is 0.306 e. The van der Waals surface area contributed by atoms with Crippen LogP contribution in [0.2, 0.25) is 0 Å². The summed E-state index contributed by atoms with van der Waals surface area (Å²) >= 11 is 3.15. The van der Waals surface area contributed by atoms with Crippen molar-refractivity contribution < 1.29 is 22.7 Å². The molecule has 7 nitrogen and oxygen atoms in total. The number of esters is 1. The fourth-order valence-corrected chi connectivity index (χ4v) is 2.60. The summed E-state index contributed by atoms with van der Waals surface area (Å²) in [6.45, 7) is 1.95. The topological polar surface area (TPSA) is 116 Å². The molecule has 0 heterocycles. The van der Waals surface area contributed by atoms with Crippen LogP contribution in [0.3, 0.4) is 0 Å². The summed E-state index contributed by atoms with van der Waals surface area (Å²) in [5.74, 6) is -0.830. The first-order valence-corrected chi connectivity index (χ1v) is 8.35. The molecule has 0 aliphatic heterocycles. The Hall–Kier alpha value is -1.45. The third kappa shape index (κ3) is 5.82. The predicted molar refractivity (Wildman–Crippen MR) is 80.0 cm³/mol. The molecule has 0 aliphatic carbocycles. The molecule has 0 aromatic heterocycles. The van der Waals surface area contributed by atoms with Gasteiger partial charge in [0.25, 0.3) is 0 Å². The van der Waals surface area contributed by atoms with Crippen molar-refractivity contribution in [1.82, 2.24) is 0 Å². The van der Waals surface area contributed by atoms with Crippen molar-refractivity contribution in [3.63, 3.8) is 0 Å². The lowest BCUT2D eigenvalue weighted by Gasteiger charge is -2.08. The molecule has 0 fully saturated rings. The highest BCUT2D eigenvalue weighted by Gasteiger charge is 2.13. The number of benzene rings is 1. The van der Waals surface area contributed by atoms with Gasteiger partial charge in [0.1, 0.15) is 0 Å². The molecule has 0 saturated heterocycles. The summed E-state index contributed by atoms with van der Waals surface area (Å²) in [4.78, 5) is 22.7. The number of hydrogen-bond donors (Lipinski definition) is 2. The van der Waals surface area contributed by atoms with Gasteiger partial charge in [-0.05, 0) is 41.1 Å². The van der Waals surface area contributed by atoms with Crippen LogP contribution < -0.4 is 10.5 Å². The summed E-state index contributed by atoms with van der Waals surface area (Å²) in [5.41, 5.74) is 0.385. The molecule has 1 aromatic rings. The van der Waals surface area contributed by atoms with Gasteiger partial charge in [-0.25, -0.2) is 13.6 Å². The minimum Gasteiger partial charge on any atom is -0.466 e. The van der Waals surface area contributed by atoms with Gasteiger partial charge in [-0.2, -0.15) is 0 Å². The lowest BCUT2D eigenvalue weighted by molar-refractivity contribution is -0.144. The van der Waals surface area contributed by atoms with E-state index in [9.17, 15) is 18.0 Å². The zero-order valence-corrected chi connectivity index (χ0v) is 13.7. The molecule has 0 saturated carbocycles. The molecular weight excluding hydrogens is 364 g/mol. The van der Waals surface area contributed by atoms with Crippen molar-refractivity contribution in [2.45, 2.75) is 24.7 Å². The number of hydrogen-bond acceptors (Lipinski definition) is 5. The first kappa shape index (κ1) is 17.6. The maximum Gasteiger partial charge on any atom is 0.306 e. The Labute approximate surface area is 131 Å². The maximum atomic E-state index is 11.7. The number of ether oxygens (including phenoxy) is 1. The van der Waals surface area contributed by atoms with E-state index >= 15 is 0 Å². The minimum atomic E-state index is -3.80. The van der Waals surface area contributed by atoms with Gasteiger partial charge in [-0.3, -0.25) is 9.59 Å². The van der Waals surface area contributed by atoms with Crippen molar-refractivity contribution in [1.29, 1.82) is 0 Å². The van der Waals surface area contributed by atoms with Crippen LogP contribution in [-0.4, -0.2) is 26.9 Å². The molecule has 1 aromatic carbocycles. The quantitative estimate of drug-likeness (QED) is 0.725. The zero-order valence-electron chi connectivity index (χ0n) is 11.3. The minimum absolute atomic E-state index is 0.0213. The SMILES string of the molecule is CCOC(=O)CCC(=O)Nc1ccc(S(N)(=O)=O)cc1Br. The first-order valence-electron chi connectivity index (χ1n) is 6.02. The molecule has 9 heteroatoms. The number of carbonyl (C=O) groups is 2. The highest BCUT2D eigenvalue weighted by Crippen LogP contribution is 2.25. The van der Waals surface area contributed by atoms with Crippen molar-refractivity contribution >= 4 is 43.5 Å².